The molecular weight excluding hydrogens is 673 g/mol. The van der Waals surface area contributed by atoms with E-state index in [1.807, 2.05) is 42.5 Å². The van der Waals surface area contributed by atoms with E-state index in [1.54, 1.807) is 32.4 Å². The Morgan fingerprint density at radius 1 is 0.958 bits per heavy atom. The van der Waals surface area contributed by atoms with Crippen LogP contribution in [0.3, 0.4) is 0 Å². The van der Waals surface area contributed by atoms with Crippen molar-refractivity contribution in [3.05, 3.63) is 110 Å². The van der Waals surface area contributed by atoms with Gasteiger partial charge in [-0.05, 0) is 72.8 Å². The number of aromatic nitrogens is 1. The maximum absolute atomic E-state index is 13.6. The number of halogens is 2. The maximum atomic E-state index is 13.6. The van der Waals surface area contributed by atoms with Gasteiger partial charge in [-0.1, -0.05) is 59.6 Å². The van der Waals surface area contributed by atoms with Crippen molar-refractivity contribution in [2.45, 2.75) is 44.1 Å². The van der Waals surface area contributed by atoms with Crippen LogP contribution < -0.4 is 14.8 Å². The second-order valence-electron chi connectivity index (χ2n) is 11.9. The maximum Gasteiger partial charge on any atom is 0.348 e. The fraction of sp³-hybridized carbons (Fsp3) is 0.361. The SMILES string of the molecule is COc1ccc([C@@H](Cc2c(Cl)cncc2Cl)OC(=O)c2ccc(CNC(C(=O)O[C@H]3CN4CCC3CC4)c3ccccc3)s2)cc1OC. The van der Waals surface area contributed by atoms with Crippen molar-refractivity contribution in [2.24, 2.45) is 5.92 Å². The number of benzene rings is 2. The summed E-state index contributed by atoms with van der Waals surface area (Å²) in [5, 5.41) is 4.12. The van der Waals surface area contributed by atoms with Gasteiger partial charge in [0.25, 0.3) is 0 Å². The smallest absolute Gasteiger partial charge is 0.348 e. The molecule has 0 spiro atoms. The second-order valence-corrected chi connectivity index (χ2v) is 13.9. The van der Waals surface area contributed by atoms with Gasteiger partial charge in [0, 0.05) is 36.8 Å². The van der Waals surface area contributed by atoms with Crippen LogP contribution in [-0.4, -0.2) is 61.8 Å². The van der Waals surface area contributed by atoms with Crippen molar-refractivity contribution in [1.82, 2.24) is 15.2 Å². The summed E-state index contributed by atoms with van der Waals surface area (Å²) in [4.78, 5) is 34.8. The molecule has 2 aromatic heterocycles. The van der Waals surface area contributed by atoms with Crippen LogP contribution in [0.15, 0.2) is 73.1 Å². The van der Waals surface area contributed by atoms with E-state index in [2.05, 4.69) is 15.2 Å². The Morgan fingerprint density at radius 2 is 1.69 bits per heavy atom. The lowest BCUT2D eigenvalue weighted by Crippen LogP contribution is -2.52. The van der Waals surface area contributed by atoms with Crippen molar-refractivity contribution in [3.63, 3.8) is 0 Å². The average Bonchev–Trinajstić information content (AvgIpc) is 3.59. The summed E-state index contributed by atoms with van der Waals surface area (Å²) in [5.74, 6) is 0.654. The lowest BCUT2D eigenvalue weighted by atomic mass is 9.86. The molecule has 3 fully saturated rings. The summed E-state index contributed by atoms with van der Waals surface area (Å²) in [7, 11) is 3.10. The first kappa shape index (κ1) is 34.2. The summed E-state index contributed by atoms with van der Waals surface area (Å²) in [5.41, 5.74) is 2.11. The van der Waals surface area contributed by atoms with Crippen LogP contribution in [0.5, 0.6) is 11.5 Å². The summed E-state index contributed by atoms with van der Waals surface area (Å²) >= 11 is 14.2. The number of thiophene rings is 1. The van der Waals surface area contributed by atoms with E-state index < -0.39 is 18.1 Å². The van der Waals surface area contributed by atoms with Crippen LogP contribution in [-0.2, 0) is 27.2 Å². The highest BCUT2D eigenvalue weighted by molar-refractivity contribution is 7.13. The van der Waals surface area contributed by atoms with E-state index >= 15 is 0 Å². The molecule has 252 valence electrons. The van der Waals surface area contributed by atoms with Crippen LogP contribution in [0.2, 0.25) is 10.0 Å². The number of piperidine rings is 3. The zero-order valence-electron chi connectivity index (χ0n) is 26.7. The van der Waals surface area contributed by atoms with Crippen molar-refractivity contribution >= 4 is 46.5 Å². The van der Waals surface area contributed by atoms with Crippen LogP contribution in [0, 0.1) is 5.92 Å². The summed E-state index contributed by atoms with van der Waals surface area (Å²) in [6.45, 7) is 3.29. The molecule has 0 aliphatic carbocycles. The van der Waals surface area contributed by atoms with Crippen LogP contribution >= 0.6 is 34.5 Å². The van der Waals surface area contributed by atoms with Gasteiger partial charge < -0.3 is 18.9 Å². The predicted octanol–water partition coefficient (Wildman–Crippen LogP) is 7.08. The zero-order valence-corrected chi connectivity index (χ0v) is 29.0. The fourth-order valence-corrected chi connectivity index (χ4v) is 7.68. The number of pyridine rings is 1. The third kappa shape index (κ3) is 7.96. The predicted molar refractivity (Wildman–Crippen MR) is 185 cm³/mol. The molecule has 48 heavy (non-hydrogen) atoms. The number of hydrogen-bond donors (Lipinski definition) is 1. The van der Waals surface area contributed by atoms with Crippen molar-refractivity contribution in [1.29, 1.82) is 0 Å². The molecule has 5 heterocycles. The zero-order chi connectivity index (χ0) is 33.6. The number of ether oxygens (including phenoxy) is 4. The molecule has 2 bridgehead atoms. The van der Waals surface area contributed by atoms with Gasteiger partial charge in [-0.15, -0.1) is 11.3 Å². The summed E-state index contributed by atoms with van der Waals surface area (Å²) in [6, 6.07) is 17.8. The first-order valence-corrected chi connectivity index (χ1v) is 17.4. The van der Waals surface area contributed by atoms with Gasteiger partial charge in [0.2, 0.25) is 0 Å². The Hall–Kier alpha value is -3.67. The quantitative estimate of drug-likeness (QED) is 0.146. The molecule has 9 nitrogen and oxygen atoms in total. The molecule has 12 heteroatoms. The molecule has 3 saturated heterocycles. The Balaban J connectivity index is 1.17. The third-order valence-corrected chi connectivity index (χ3v) is 10.7. The third-order valence-electron chi connectivity index (χ3n) is 8.95. The molecule has 0 saturated carbocycles. The van der Waals surface area contributed by atoms with Gasteiger partial charge >= 0.3 is 11.9 Å². The minimum absolute atomic E-state index is 0.0911. The molecule has 3 atom stereocenters. The molecule has 3 aliphatic rings. The topological polar surface area (TPSA) is 99.2 Å². The van der Waals surface area contributed by atoms with E-state index in [-0.39, 0.29) is 18.5 Å². The number of nitrogens with one attached hydrogen (secondary N) is 1. The van der Waals surface area contributed by atoms with E-state index in [4.69, 9.17) is 42.1 Å². The van der Waals surface area contributed by atoms with Crippen LogP contribution in [0.25, 0.3) is 0 Å². The number of carbonyl (C=O) groups excluding carboxylic acids is 2. The Morgan fingerprint density at radius 3 is 2.35 bits per heavy atom. The monoisotopic (exact) mass is 709 g/mol. The number of rotatable bonds is 13. The molecule has 3 aliphatic heterocycles. The lowest BCUT2D eigenvalue weighted by Gasteiger charge is -2.44. The van der Waals surface area contributed by atoms with Crippen LogP contribution in [0.1, 0.15) is 56.2 Å². The van der Waals surface area contributed by atoms with Gasteiger partial charge in [-0.25, -0.2) is 9.59 Å². The number of hydrogen-bond acceptors (Lipinski definition) is 10. The van der Waals surface area contributed by atoms with Crippen molar-refractivity contribution < 1.29 is 28.5 Å². The van der Waals surface area contributed by atoms with Gasteiger partial charge in [0.1, 0.15) is 23.1 Å². The van der Waals surface area contributed by atoms with Crippen LogP contribution in [0.4, 0.5) is 0 Å². The minimum atomic E-state index is -0.748. The van der Waals surface area contributed by atoms with Gasteiger partial charge in [0.05, 0.1) is 24.3 Å². The largest absolute Gasteiger partial charge is 0.493 e. The van der Waals surface area contributed by atoms with Gasteiger partial charge in [0.15, 0.2) is 11.5 Å². The van der Waals surface area contributed by atoms with Crippen molar-refractivity contribution in [3.8, 4) is 11.5 Å². The summed E-state index contributed by atoms with van der Waals surface area (Å²) < 4.78 is 23.1. The normalized spacial score (nSPS) is 19.7. The molecule has 0 radical (unpaired) electrons. The first-order valence-electron chi connectivity index (χ1n) is 15.8. The lowest BCUT2D eigenvalue weighted by molar-refractivity contribution is -0.161. The van der Waals surface area contributed by atoms with E-state index in [0.717, 1.165) is 42.9 Å². The standard InChI is InChI=1S/C36H37Cl2N3O6S/c1-44-29-10-8-24(16-31(29)45-2)30(17-26-27(37)19-39-20-28(26)38)46-35(42)33-11-9-25(48-33)18-40-34(23-6-4-3-5-7-23)36(43)47-32-21-41-14-12-22(32)13-15-41/h3-11,16,19-20,22,30,32,34,40H,12-15,17-18,21H2,1-2H3/t30-,32+,34?/m1/s1. The number of nitrogens with zero attached hydrogens (tertiary/aromatic N) is 2. The number of carbonyl (C=O) groups is 2. The molecular formula is C36H37Cl2N3O6S. The number of fused-ring (bicyclic) bond motifs is 3. The Labute approximate surface area is 294 Å². The first-order chi connectivity index (χ1) is 23.3. The van der Waals surface area contributed by atoms with Gasteiger partial charge in [-0.3, -0.25) is 15.2 Å². The highest BCUT2D eigenvalue weighted by atomic mass is 35.5. The van der Waals surface area contributed by atoms with E-state index in [9.17, 15) is 9.59 Å². The molecule has 1 N–H and O–H groups in total. The minimum Gasteiger partial charge on any atom is -0.493 e. The number of methoxy groups -OCH3 is 2. The van der Waals surface area contributed by atoms with E-state index in [0.29, 0.717) is 50.0 Å². The molecule has 1 unspecified atom stereocenters. The Bertz CT molecular complexity index is 1710. The van der Waals surface area contributed by atoms with E-state index in [1.165, 1.54) is 23.7 Å². The summed E-state index contributed by atoms with van der Waals surface area (Å²) in [6.07, 6.45) is 4.50. The fourth-order valence-electron chi connectivity index (χ4n) is 6.32. The Kier molecular flexibility index (Phi) is 11.2. The van der Waals surface area contributed by atoms with Gasteiger partial charge in [-0.2, -0.15) is 0 Å². The molecule has 4 aromatic rings. The molecule has 7 rings (SSSR count). The molecule has 2 aromatic carbocycles. The van der Waals surface area contributed by atoms with Crippen molar-refractivity contribution in [2.75, 3.05) is 33.9 Å². The second kappa shape index (κ2) is 15.7. The highest BCUT2D eigenvalue weighted by Gasteiger charge is 2.38. The highest BCUT2D eigenvalue weighted by Crippen LogP contribution is 2.36. The number of esters is 2. The molecule has 0 amide bonds. The average molecular weight is 711 g/mol.